The van der Waals surface area contributed by atoms with Crippen LogP contribution in [0.3, 0.4) is 0 Å². The number of halogens is 1. The van der Waals surface area contributed by atoms with Crippen LogP contribution >= 0.6 is 0 Å². The fraction of sp³-hybridized carbons (Fsp3) is 0.389. The number of nitrogens with zero attached hydrogens (tertiary/aromatic N) is 4. The van der Waals surface area contributed by atoms with Gasteiger partial charge < -0.3 is 14.5 Å². The molecule has 1 aromatic heterocycles. The zero-order valence-electron chi connectivity index (χ0n) is 15.5. The highest BCUT2D eigenvalue weighted by molar-refractivity contribution is 7.89. The Labute approximate surface area is 167 Å². The molecule has 0 saturated carbocycles. The van der Waals surface area contributed by atoms with Gasteiger partial charge in [0.2, 0.25) is 21.9 Å². The van der Waals surface area contributed by atoms with Gasteiger partial charge in [-0.05, 0) is 18.2 Å². The van der Waals surface area contributed by atoms with Crippen LogP contribution in [-0.2, 0) is 32.6 Å². The van der Waals surface area contributed by atoms with Crippen LogP contribution in [0, 0.1) is 5.82 Å². The van der Waals surface area contributed by atoms with Crippen molar-refractivity contribution in [2.24, 2.45) is 0 Å². The number of carbonyl (C=O) groups excluding carboxylic acids is 1. The van der Waals surface area contributed by atoms with E-state index in [0.717, 1.165) is 23.4 Å². The molecule has 154 valence electrons. The molecular formula is C18H20FN5O4S. The predicted molar refractivity (Wildman–Crippen MR) is 101 cm³/mol. The Morgan fingerprint density at radius 2 is 2.03 bits per heavy atom. The fourth-order valence-corrected chi connectivity index (χ4v) is 4.23. The fourth-order valence-electron chi connectivity index (χ4n) is 3.22. The molecule has 1 fully saturated rings. The lowest BCUT2D eigenvalue weighted by molar-refractivity contribution is -0.130. The number of hydrogen-bond acceptors (Lipinski definition) is 7. The molecule has 29 heavy (non-hydrogen) atoms. The molecule has 3 heterocycles. The van der Waals surface area contributed by atoms with E-state index in [-0.39, 0.29) is 11.4 Å². The second-order valence-electron chi connectivity index (χ2n) is 6.77. The van der Waals surface area contributed by atoms with E-state index in [9.17, 15) is 17.6 Å². The van der Waals surface area contributed by atoms with Crippen molar-refractivity contribution in [1.29, 1.82) is 0 Å². The Morgan fingerprint density at radius 3 is 2.79 bits per heavy atom. The Bertz CT molecular complexity index is 1030. The van der Waals surface area contributed by atoms with Gasteiger partial charge in [0, 0.05) is 31.4 Å². The third-order valence-corrected chi connectivity index (χ3v) is 6.21. The maximum atomic E-state index is 13.3. The molecule has 0 spiro atoms. The summed E-state index contributed by atoms with van der Waals surface area (Å²) in [5.74, 6) is -0.451. The maximum absolute atomic E-state index is 13.3. The minimum absolute atomic E-state index is 0.226. The van der Waals surface area contributed by atoms with Gasteiger partial charge in [0.15, 0.2) is 0 Å². The molecule has 1 saturated heterocycles. The van der Waals surface area contributed by atoms with E-state index in [4.69, 9.17) is 4.74 Å². The number of carbonyl (C=O) groups is 1. The molecule has 9 nitrogen and oxygen atoms in total. The number of hydrogen-bond donors (Lipinski definition) is 1. The van der Waals surface area contributed by atoms with Gasteiger partial charge in [-0.15, -0.1) is 0 Å². The number of ether oxygens (including phenoxy) is 1. The van der Waals surface area contributed by atoms with Crippen molar-refractivity contribution in [3.05, 3.63) is 47.5 Å². The van der Waals surface area contributed by atoms with Crippen LogP contribution in [0.15, 0.2) is 35.4 Å². The molecule has 0 aliphatic carbocycles. The zero-order chi connectivity index (χ0) is 20.4. The monoisotopic (exact) mass is 421 g/mol. The second-order valence-corrected chi connectivity index (χ2v) is 8.54. The predicted octanol–water partition coefficient (Wildman–Crippen LogP) is 0.273. The summed E-state index contributed by atoms with van der Waals surface area (Å²) in [5.41, 5.74) is 1.59. The molecule has 4 rings (SSSR count). The number of nitrogens with one attached hydrogen (secondary N) is 1. The topological polar surface area (TPSA) is 105 Å². The van der Waals surface area contributed by atoms with Crippen LogP contribution < -0.4 is 9.62 Å². The van der Waals surface area contributed by atoms with Crippen molar-refractivity contribution in [2.75, 3.05) is 37.7 Å². The molecule has 2 aromatic rings. The summed E-state index contributed by atoms with van der Waals surface area (Å²) in [6, 6.07) is 4.62. The SMILES string of the molecule is O=C(CNS(=O)(=O)c1cccc(F)c1)N1Cc2cnc(N3CCOCC3)nc2C1. The van der Waals surface area contributed by atoms with E-state index in [1.807, 2.05) is 4.90 Å². The summed E-state index contributed by atoms with van der Waals surface area (Å²) in [6.07, 6.45) is 1.71. The van der Waals surface area contributed by atoms with Gasteiger partial charge in [-0.1, -0.05) is 6.07 Å². The lowest BCUT2D eigenvalue weighted by Crippen LogP contribution is -2.37. The first-order valence-electron chi connectivity index (χ1n) is 9.13. The smallest absolute Gasteiger partial charge is 0.241 e. The molecule has 1 aromatic carbocycles. The zero-order valence-corrected chi connectivity index (χ0v) is 16.4. The molecule has 0 unspecified atom stereocenters. The second kappa shape index (κ2) is 8.01. The minimum Gasteiger partial charge on any atom is -0.378 e. The molecule has 0 atom stereocenters. The molecule has 0 bridgehead atoms. The van der Waals surface area contributed by atoms with Gasteiger partial charge in [-0.3, -0.25) is 4.79 Å². The van der Waals surface area contributed by atoms with Crippen LogP contribution in [0.1, 0.15) is 11.3 Å². The van der Waals surface area contributed by atoms with Crippen molar-refractivity contribution in [3.8, 4) is 0 Å². The van der Waals surface area contributed by atoms with Crippen molar-refractivity contribution in [3.63, 3.8) is 0 Å². The number of sulfonamides is 1. The summed E-state index contributed by atoms with van der Waals surface area (Å²) < 4.78 is 45.3. The molecule has 2 aliphatic rings. The van der Waals surface area contributed by atoms with Gasteiger partial charge in [0.1, 0.15) is 5.82 Å². The average Bonchev–Trinajstić information content (AvgIpc) is 3.16. The Kier molecular flexibility index (Phi) is 5.43. The van der Waals surface area contributed by atoms with Crippen molar-refractivity contribution in [2.45, 2.75) is 18.0 Å². The maximum Gasteiger partial charge on any atom is 0.241 e. The van der Waals surface area contributed by atoms with E-state index in [2.05, 4.69) is 14.7 Å². The van der Waals surface area contributed by atoms with Crippen molar-refractivity contribution in [1.82, 2.24) is 19.6 Å². The van der Waals surface area contributed by atoms with Crippen molar-refractivity contribution >= 4 is 21.9 Å². The molecule has 0 radical (unpaired) electrons. The van der Waals surface area contributed by atoms with Gasteiger partial charge in [0.25, 0.3) is 0 Å². The Morgan fingerprint density at radius 1 is 1.24 bits per heavy atom. The minimum atomic E-state index is -3.98. The van der Waals surface area contributed by atoms with Crippen LogP contribution in [0.2, 0.25) is 0 Å². The number of rotatable bonds is 5. The first-order valence-corrected chi connectivity index (χ1v) is 10.6. The van der Waals surface area contributed by atoms with Crippen LogP contribution in [0.25, 0.3) is 0 Å². The van der Waals surface area contributed by atoms with E-state index < -0.39 is 28.3 Å². The Balaban J connectivity index is 1.38. The van der Waals surface area contributed by atoms with E-state index in [1.165, 1.54) is 17.0 Å². The number of amides is 1. The summed E-state index contributed by atoms with van der Waals surface area (Å²) in [6.45, 7) is 2.85. The lowest BCUT2D eigenvalue weighted by Gasteiger charge is -2.26. The van der Waals surface area contributed by atoms with Crippen molar-refractivity contribution < 1.29 is 22.3 Å². The lowest BCUT2D eigenvalue weighted by atomic mass is 10.3. The van der Waals surface area contributed by atoms with Crippen LogP contribution in [0.4, 0.5) is 10.3 Å². The average molecular weight is 421 g/mol. The van der Waals surface area contributed by atoms with Gasteiger partial charge >= 0.3 is 0 Å². The van der Waals surface area contributed by atoms with Crippen LogP contribution in [0.5, 0.6) is 0 Å². The summed E-state index contributed by atoms with van der Waals surface area (Å²) in [7, 11) is -3.98. The molecule has 1 N–H and O–H groups in total. The van der Waals surface area contributed by atoms with Crippen LogP contribution in [-0.4, -0.2) is 62.0 Å². The van der Waals surface area contributed by atoms with Gasteiger partial charge in [-0.2, -0.15) is 0 Å². The normalized spacial score (nSPS) is 16.7. The molecule has 2 aliphatic heterocycles. The number of aromatic nitrogens is 2. The largest absolute Gasteiger partial charge is 0.378 e. The van der Waals surface area contributed by atoms with Gasteiger partial charge in [0.05, 0.1) is 36.9 Å². The molecule has 1 amide bonds. The third-order valence-electron chi connectivity index (χ3n) is 4.81. The first-order chi connectivity index (χ1) is 13.9. The number of morpholine rings is 1. The summed E-state index contributed by atoms with van der Waals surface area (Å²) >= 11 is 0. The molecular weight excluding hydrogens is 401 g/mol. The number of fused-ring (bicyclic) bond motifs is 1. The summed E-state index contributed by atoms with van der Waals surface area (Å²) in [4.78, 5) is 24.7. The molecule has 11 heteroatoms. The first kappa shape index (κ1) is 19.7. The number of anilines is 1. The standard InChI is InChI=1S/C18H20FN5O4S/c19-14-2-1-3-15(8-14)29(26,27)21-10-17(25)24-11-13-9-20-18(22-16(13)12-24)23-4-6-28-7-5-23/h1-3,8-9,21H,4-7,10-12H2. The van der Waals surface area contributed by atoms with Gasteiger partial charge in [-0.25, -0.2) is 27.5 Å². The summed E-state index contributed by atoms with van der Waals surface area (Å²) in [5, 5.41) is 0. The number of benzene rings is 1. The third kappa shape index (κ3) is 4.36. The quantitative estimate of drug-likeness (QED) is 0.739. The van der Waals surface area contributed by atoms with E-state index >= 15 is 0 Å². The Hall–Kier alpha value is -2.63. The highest BCUT2D eigenvalue weighted by Crippen LogP contribution is 2.23. The highest BCUT2D eigenvalue weighted by Gasteiger charge is 2.27. The van der Waals surface area contributed by atoms with E-state index in [0.29, 0.717) is 38.8 Å². The highest BCUT2D eigenvalue weighted by atomic mass is 32.2. The van der Waals surface area contributed by atoms with E-state index in [1.54, 1.807) is 6.20 Å².